The molecule has 0 saturated carbocycles. The van der Waals surface area contributed by atoms with Crippen molar-refractivity contribution >= 4 is 76.2 Å². The van der Waals surface area contributed by atoms with Crippen molar-refractivity contribution in [3.63, 3.8) is 0 Å². The average molecular weight is 518 g/mol. The first-order chi connectivity index (χ1) is 13.6. The van der Waals surface area contributed by atoms with Gasteiger partial charge in [0.25, 0.3) is 0 Å². The summed E-state index contributed by atoms with van der Waals surface area (Å²) in [4.78, 5) is 13.0. The third-order valence-electron chi connectivity index (χ3n) is 4.77. The summed E-state index contributed by atoms with van der Waals surface area (Å²) in [6, 6.07) is 15.7. The van der Waals surface area contributed by atoms with Crippen LogP contribution in [0.25, 0.3) is 44.1 Å². The average Bonchev–Trinajstić information content (AvgIpc) is 3.12. The van der Waals surface area contributed by atoms with Crippen molar-refractivity contribution in [1.29, 1.82) is 0 Å². The number of imidazole rings is 1. The van der Waals surface area contributed by atoms with E-state index in [4.69, 9.17) is 21.3 Å². The predicted molar refractivity (Wildman–Crippen MR) is 121 cm³/mol. The molecule has 2 heterocycles. The first-order valence-electron chi connectivity index (χ1n) is 8.47. The number of nitrogens with one attached hydrogen (secondary N) is 1. The number of fused-ring (bicyclic) bond motifs is 6. The molecule has 0 aliphatic carbocycles. The molecule has 0 aliphatic rings. The zero-order valence-electron chi connectivity index (χ0n) is 14.6. The largest absolute Gasteiger partial charge is 0.497 e. The van der Waals surface area contributed by atoms with E-state index in [1.54, 1.807) is 13.2 Å². The van der Waals surface area contributed by atoms with Gasteiger partial charge in [-0.15, -0.1) is 0 Å². The fourth-order valence-corrected chi connectivity index (χ4v) is 5.02. The van der Waals surface area contributed by atoms with Crippen molar-refractivity contribution in [2.24, 2.45) is 0 Å². The Hall–Kier alpha value is -2.15. The zero-order chi connectivity index (χ0) is 19.4. The molecule has 5 rings (SSSR count). The quantitative estimate of drug-likeness (QED) is 0.200. The number of nitrogens with zero attached hydrogens (tertiary/aromatic N) is 2. The summed E-state index contributed by atoms with van der Waals surface area (Å²) in [6.45, 7) is 0. The van der Waals surface area contributed by atoms with Crippen LogP contribution in [-0.2, 0) is 0 Å². The summed E-state index contributed by atoms with van der Waals surface area (Å²) in [6.07, 6.45) is 0. The van der Waals surface area contributed by atoms with Gasteiger partial charge in [0.05, 0.1) is 23.7 Å². The molecule has 0 saturated heterocycles. The second-order valence-corrected chi connectivity index (χ2v) is 8.44. The summed E-state index contributed by atoms with van der Waals surface area (Å²) in [7, 11) is 1.65. The van der Waals surface area contributed by atoms with Crippen LogP contribution in [0.4, 0.5) is 0 Å². The van der Waals surface area contributed by atoms with Crippen LogP contribution in [0.5, 0.6) is 5.75 Å². The molecule has 2 aromatic heterocycles. The highest BCUT2D eigenvalue weighted by Crippen LogP contribution is 2.39. The fourth-order valence-electron chi connectivity index (χ4n) is 3.50. The van der Waals surface area contributed by atoms with Crippen LogP contribution in [0.15, 0.2) is 57.5 Å². The first kappa shape index (κ1) is 17.9. The highest BCUT2D eigenvalue weighted by molar-refractivity contribution is 9.11. The number of ether oxygens (including phenoxy) is 1. The Morgan fingerprint density at radius 1 is 0.893 bits per heavy atom. The molecule has 5 aromatic rings. The number of aromatic amines is 1. The van der Waals surface area contributed by atoms with Crippen LogP contribution in [0.3, 0.4) is 0 Å². The molecule has 0 atom stereocenters. The lowest BCUT2D eigenvalue weighted by atomic mass is 10.0. The van der Waals surface area contributed by atoms with Gasteiger partial charge in [0.1, 0.15) is 16.7 Å². The molecule has 28 heavy (non-hydrogen) atoms. The maximum atomic E-state index is 6.21. The Kier molecular flexibility index (Phi) is 4.30. The van der Waals surface area contributed by atoms with Gasteiger partial charge < -0.3 is 9.72 Å². The molecular weight excluding hydrogens is 506 g/mol. The number of halogens is 3. The maximum Gasteiger partial charge on any atom is 0.140 e. The number of aromatic nitrogens is 3. The van der Waals surface area contributed by atoms with Crippen molar-refractivity contribution in [2.45, 2.75) is 0 Å². The Morgan fingerprint density at radius 3 is 2.39 bits per heavy atom. The predicted octanol–water partition coefficient (Wildman–Crippen LogP) is 7.12. The highest BCUT2D eigenvalue weighted by Gasteiger charge is 2.18. The van der Waals surface area contributed by atoms with Crippen molar-refractivity contribution in [2.75, 3.05) is 7.11 Å². The summed E-state index contributed by atoms with van der Waals surface area (Å²) >= 11 is 13.5. The van der Waals surface area contributed by atoms with Crippen LogP contribution in [0.1, 0.15) is 0 Å². The van der Waals surface area contributed by atoms with E-state index < -0.39 is 0 Å². The lowest BCUT2D eigenvalue weighted by molar-refractivity contribution is 0.415. The molecule has 3 aromatic carbocycles. The number of H-pyrrole nitrogens is 1. The topological polar surface area (TPSA) is 50.8 Å². The molecule has 0 amide bonds. The van der Waals surface area contributed by atoms with Crippen molar-refractivity contribution in [3.05, 3.63) is 62.6 Å². The summed E-state index contributed by atoms with van der Waals surface area (Å²) in [5, 5.41) is 3.35. The van der Waals surface area contributed by atoms with E-state index >= 15 is 0 Å². The van der Waals surface area contributed by atoms with Crippen molar-refractivity contribution < 1.29 is 4.74 Å². The van der Waals surface area contributed by atoms with E-state index in [9.17, 15) is 0 Å². The minimum atomic E-state index is 0.448. The van der Waals surface area contributed by atoms with Crippen LogP contribution >= 0.6 is 43.5 Å². The van der Waals surface area contributed by atoms with Gasteiger partial charge >= 0.3 is 0 Å². The molecule has 0 spiro atoms. The lowest BCUT2D eigenvalue weighted by Crippen LogP contribution is -1.88. The van der Waals surface area contributed by atoms with E-state index in [1.807, 2.05) is 42.5 Å². The maximum absolute atomic E-state index is 6.21. The van der Waals surface area contributed by atoms with Crippen molar-refractivity contribution in [3.8, 4) is 17.1 Å². The number of hydrogen-bond acceptors (Lipinski definition) is 3. The number of methoxy groups -OCH3 is 1. The lowest BCUT2D eigenvalue weighted by Gasteiger charge is -2.07. The Morgan fingerprint density at radius 2 is 1.64 bits per heavy atom. The molecule has 0 bridgehead atoms. The molecule has 7 heteroatoms. The molecule has 1 N–H and O–H groups in total. The smallest absolute Gasteiger partial charge is 0.140 e. The molecule has 0 aliphatic heterocycles. The Labute approximate surface area is 182 Å². The molecule has 4 nitrogen and oxygen atoms in total. The molecule has 0 fully saturated rings. The van der Waals surface area contributed by atoms with E-state index in [1.165, 1.54) is 0 Å². The van der Waals surface area contributed by atoms with Crippen LogP contribution < -0.4 is 4.74 Å². The Bertz CT molecular complexity index is 1380. The minimum Gasteiger partial charge on any atom is -0.497 e. The summed E-state index contributed by atoms with van der Waals surface area (Å²) in [5.74, 6) is 1.54. The van der Waals surface area contributed by atoms with Gasteiger partial charge in [0.15, 0.2) is 0 Å². The zero-order valence-corrected chi connectivity index (χ0v) is 18.5. The van der Waals surface area contributed by atoms with Crippen LogP contribution in [-0.4, -0.2) is 22.1 Å². The van der Waals surface area contributed by atoms with Gasteiger partial charge in [0.2, 0.25) is 0 Å². The van der Waals surface area contributed by atoms with Gasteiger partial charge in [-0.1, -0.05) is 17.7 Å². The van der Waals surface area contributed by atoms with Gasteiger partial charge in [0, 0.05) is 30.7 Å². The van der Waals surface area contributed by atoms with Crippen LogP contribution in [0, 0.1) is 0 Å². The molecule has 0 unspecified atom stereocenters. The molecular formula is C21H12Br2ClN3O. The van der Waals surface area contributed by atoms with Crippen molar-refractivity contribution in [1.82, 2.24) is 15.0 Å². The highest BCUT2D eigenvalue weighted by atomic mass is 79.9. The van der Waals surface area contributed by atoms with Gasteiger partial charge in [-0.05, 0) is 74.3 Å². The monoisotopic (exact) mass is 515 g/mol. The van der Waals surface area contributed by atoms with Gasteiger partial charge in [-0.2, -0.15) is 0 Å². The van der Waals surface area contributed by atoms with Crippen LogP contribution in [0.2, 0.25) is 5.15 Å². The number of benzene rings is 3. The third-order valence-corrected chi connectivity index (χ3v) is 6.30. The van der Waals surface area contributed by atoms with E-state index in [0.29, 0.717) is 5.15 Å². The fraction of sp³-hybridized carbons (Fsp3) is 0.0476. The molecule has 138 valence electrons. The normalized spacial score (nSPS) is 11.6. The van der Waals surface area contributed by atoms with E-state index in [-0.39, 0.29) is 0 Å². The molecule has 0 radical (unpaired) electrons. The Balaban J connectivity index is 1.96. The van der Waals surface area contributed by atoms with Gasteiger partial charge in [-0.25, -0.2) is 9.97 Å². The second-order valence-electron chi connectivity index (χ2n) is 6.35. The first-order valence-corrected chi connectivity index (χ1v) is 10.4. The number of hydrogen-bond donors (Lipinski definition) is 1. The third kappa shape index (κ3) is 2.70. The second kappa shape index (κ2) is 6.72. The summed E-state index contributed by atoms with van der Waals surface area (Å²) < 4.78 is 7.33. The van der Waals surface area contributed by atoms with Gasteiger partial charge in [-0.3, -0.25) is 0 Å². The van der Waals surface area contributed by atoms with E-state index in [2.05, 4.69) is 41.8 Å². The summed E-state index contributed by atoms with van der Waals surface area (Å²) in [5.41, 5.74) is 3.59. The van der Waals surface area contributed by atoms with E-state index in [0.717, 1.165) is 58.8 Å². The number of rotatable bonds is 2. The standard InChI is InChI=1S/C21H12Br2ClN3O/c1-28-10-5-6-11-13(9-10)18-12(7-8-16(24)25-18)20-19(11)26-21(27-20)17-14(22)3-2-4-15(17)23/h2-9H,1H3,(H,26,27). The minimum absolute atomic E-state index is 0.448. The SMILES string of the molecule is COc1ccc2c(c1)c1nc(Cl)ccc1c1[nH]c(-c3c(Br)cccc3Br)nc21. The number of pyridine rings is 1.